The van der Waals surface area contributed by atoms with Gasteiger partial charge in [0.1, 0.15) is 0 Å². The second-order valence-corrected chi connectivity index (χ2v) is 4.92. The Kier molecular flexibility index (Phi) is 3.69. The zero-order valence-electron chi connectivity index (χ0n) is 9.68. The van der Waals surface area contributed by atoms with Crippen LogP contribution in [0.5, 0.6) is 0 Å². The highest BCUT2D eigenvalue weighted by molar-refractivity contribution is 6.31. The molecule has 1 heterocycles. The minimum atomic E-state index is -2.88. The first-order valence-electron chi connectivity index (χ1n) is 5.74. The molecule has 1 aromatic carbocycles. The Balaban J connectivity index is 2.24. The average molecular weight is 261 g/mol. The molecule has 94 valence electrons. The van der Waals surface area contributed by atoms with Gasteiger partial charge in [0.2, 0.25) is 0 Å². The van der Waals surface area contributed by atoms with Gasteiger partial charge in [-0.15, -0.1) is 0 Å². The maximum atomic E-state index is 13.2. The normalized spacial score (nSPS) is 18.4. The van der Waals surface area contributed by atoms with E-state index in [2.05, 4.69) is 0 Å². The molecule has 1 aliphatic heterocycles. The zero-order chi connectivity index (χ0) is 12.5. The summed E-state index contributed by atoms with van der Waals surface area (Å²) in [5, 5.41) is 0.154. The molecule has 0 bridgehead atoms. The smallest absolute Gasteiger partial charge is 0.271 e. The Morgan fingerprint density at radius 2 is 1.94 bits per heavy atom. The predicted octanol–water partition coefficient (Wildman–Crippen LogP) is 4.35. The van der Waals surface area contributed by atoms with Crippen molar-refractivity contribution >= 4 is 11.6 Å². The van der Waals surface area contributed by atoms with Crippen molar-refractivity contribution in [2.24, 2.45) is 0 Å². The lowest BCUT2D eigenvalue weighted by molar-refractivity contribution is 0.0175. The maximum Gasteiger partial charge on any atom is 0.271 e. The average Bonchev–Trinajstić information content (AvgIpc) is 2.28. The highest BCUT2D eigenvalue weighted by Crippen LogP contribution is 2.36. The summed E-state index contributed by atoms with van der Waals surface area (Å²) in [6.45, 7) is 2.32. The van der Waals surface area contributed by atoms with E-state index in [9.17, 15) is 8.78 Å². The van der Waals surface area contributed by atoms with Gasteiger partial charge in [0.05, 0.1) is 5.02 Å². The summed E-state index contributed by atoms with van der Waals surface area (Å²) in [6, 6.07) is 4.87. The van der Waals surface area contributed by atoms with Crippen LogP contribution in [-0.4, -0.2) is 13.2 Å². The lowest BCUT2D eigenvalue weighted by atomic mass is 9.90. The molecule has 2 rings (SSSR count). The highest BCUT2D eigenvalue weighted by atomic mass is 35.5. The van der Waals surface area contributed by atoms with Crippen LogP contribution < -0.4 is 0 Å². The molecule has 0 radical (unpaired) electrons. The Morgan fingerprint density at radius 3 is 2.47 bits per heavy atom. The predicted molar refractivity (Wildman–Crippen MR) is 63.8 cm³/mol. The van der Waals surface area contributed by atoms with Crippen molar-refractivity contribution in [3.8, 4) is 0 Å². The molecular weight excluding hydrogens is 246 g/mol. The fourth-order valence-corrected chi connectivity index (χ4v) is 2.53. The molecule has 1 aliphatic rings. The van der Waals surface area contributed by atoms with Crippen molar-refractivity contribution in [3.63, 3.8) is 0 Å². The van der Waals surface area contributed by atoms with Crippen molar-refractivity contribution < 1.29 is 13.5 Å². The van der Waals surface area contributed by atoms with E-state index in [-0.39, 0.29) is 10.6 Å². The Labute approximate surface area is 105 Å². The topological polar surface area (TPSA) is 9.23 Å². The number of halogens is 3. The largest absolute Gasteiger partial charge is 0.381 e. The first kappa shape index (κ1) is 12.8. The molecule has 0 N–H and O–H groups in total. The molecule has 1 saturated heterocycles. The van der Waals surface area contributed by atoms with E-state index < -0.39 is 5.92 Å². The summed E-state index contributed by atoms with van der Waals surface area (Å²) in [7, 11) is 0. The van der Waals surface area contributed by atoms with Crippen LogP contribution in [0.1, 0.15) is 36.8 Å². The minimum Gasteiger partial charge on any atom is -0.381 e. The molecule has 0 spiro atoms. The van der Waals surface area contributed by atoms with E-state index in [0.717, 1.165) is 38.5 Å². The quantitative estimate of drug-likeness (QED) is 0.768. The molecule has 0 saturated carbocycles. The van der Waals surface area contributed by atoms with E-state index >= 15 is 0 Å². The third-order valence-electron chi connectivity index (χ3n) is 3.16. The van der Waals surface area contributed by atoms with Gasteiger partial charge >= 0.3 is 0 Å². The van der Waals surface area contributed by atoms with Crippen LogP contribution in [0.25, 0.3) is 0 Å². The van der Waals surface area contributed by atoms with Gasteiger partial charge in [-0.2, -0.15) is 0 Å². The van der Waals surface area contributed by atoms with Crippen LogP contribution in [0, 0.1) is 0 Å². The van der Waals surface area contributed by atoms with Crippen LogP contribution >= 0.6 is 11.6 Å². The van der Waals surface area contributed by atoms with Gasteiger partial charge in [0, 0.05) is 25.7 Å². The zero-order valence-corrected chi connectivity index (χ0v) is 10.4. The second-order valence-electron chi connectivity index (χ2n) is 4.51. The SMILES string of the molecule is CC(F)(F)c1ccc(C2CCOCC2)cc1Cl. The lowest BCUT2D eigenvalue weighted by Gasteiger charge is -2.23. The number of benzene rings is 1. The molecule has 0 atom stereocenters. The van der Waals surface area contributed by atoms with Crippen LogP contribution in [-0.2, 0) is 10.7 Å². The molecule has 4 heteroatoms. The van der Waals surface area contributed by atoms with Gasteiger partial charge < -0.3 is 4.74 Å². The molecule has 0 aliphatic carbocycles. The van der Waals surface area contributed by atoms with E-state index in [0.29, 0.717) is 5.92 Å². The summed E-state index contributed by atoms with van der Waals surface area (Å²) in [4.78, 5) is 0. The summed E-state index contributed by atoms with van der Waals surface area (Å²) in [5.41, 5.74) is 0.932. The first-order chi connectivity index (χ1) is 7.98. The van der Waals surface area contributed by atoms with Crippen molar-refractivity contribution in [1.82, 2.24) is 0 Å². The summed E-state index contributed by atoms with van der Waals surface area (Å²) < 4.78 is 31.6. The van der Waals surface area contributed by atoms with E-state index in [1.54, 1.807) is 12.1 Å². The monoisotopic (exact) mass is 260 g/mol. The number of rotatable bonds is 2. The minimum absolute atomic E-state index is 0.102. The second kappa shape index (κ2) is 4.91. The van der Waals surface area contributed by atoms with Gasteiger partial charge in [0.15, 0.2) is 0 Å². The van der Waals surface area contributed by atoms with Crippen LogP contribution in [0.15, 0.2) is 18.2 Å². The third-order valence-corrected chi connectivity index (χ3v) is 3.47. The van der Waals surface area contributed by atoms with Gasteiger partial charge in [-0.1, -0.05) is 23.7 Å². The van der Waals surface area contributed by atoms with Gasteiger partial charge in [-0.05, 0) is 30.4 Å². The third kappa shape index (κ3) is 2.96. The highest BCUT2D eigenvalue weighted by Gasteiger charge is 2.28. The van der Waals surface area contributed by atoms with Crippen LogP contribution in [0.2, 0.25) is 5.02 Å². The molecule has 0 aromatic heterocycles. The Bertz CT molecular complexity index is 395. The number of hydrogen-bond donors (Lipinski definition) is 0. The molecule has 1 nitrogen and oxygen atoms in total. The van der Waals surface area contributed by atoms with Crippen molar-refractivity contribution in [2.75, 3.05) is 13.2 Å². The van der Waals surface area contributed by atoms with Gasteiger partial charge in [-0.25, -0.2) is 8.78 Å². The fraction of sp³-hybridized carbons (Fsp3) is 0.538. The van der Waals surface area contributed by atoms with Crippen LogP contribution in [0.3, 0.4) is 0 Å². The maximum absolute atomic E-state index is 13.2. The molecule has 0 amide bonds. The first-order valence-corrected chi connectivity index (χ1v) is 6.12. The van der Waals surface area contributed by atoms with Gasteiger partial charge in [0.25, 0.3) is 5.92 Å². The summed E-state index contributed by atoms with van der Waals surface area (Å²) in [5.74, 6) is -2.51. The standard InChI is InChI=1S/C13H15ClF2O/c1-13(15,16)11-3-2-10(8-12(11)14)9-4-6-17-7-5-9/h2-3,8-9H,4-7H2,1H3. The lowest BCUT2D eigenvalue weighted by Crippen LogP contribution is -2.15. The van der Waals surface area contributed by atoms with Crippen molar-refractivity contribution in [2.45, 2.75) is 31.6 Å². The number of alkyl halides is 2. The summed E-state index contributed by atoms with van der Waals surface area (Å²) >= 11 is 5.92. The molecule has 1 fully saturated rings. The van der Waals surface area contributed by atoms with Crippen molar-refractivity contribution in [1.29, 1.82) is 0 Å². The Morgan fingerprint density at radius 1 is 1.29 bits per heavy atom. The fourth-order valence-electron chi connectivity index (χ4n) is 2.17. The van der Waals surface area contributed by atoms with E-state index in [1.165, 1.54) is 6.07 Å². The molecule has 0 unspecified atom stereocenters. The Hall–Kier alpha value is -0.670. The number of ether oxygens (including phenoxy) is 1. The number of hydrogen-bond acceptors (Lipinski definition) is 1. The molecule has 1 aromatic rings. The van der Waals surface area contributed by atoms with Crippen molar-refractivity contribution in [3.05, 3.63) is 34.3 Å². The molecule has 17 heavy (non-hydrogen) atoms. The van der Waals surface area contributed by atoms with Crippen LogP contribution in [0.4, 0.5) is 8.78 Å². The van der Waals surface area contributed by atoms with E-state index in [4.69, 9.17) is 16.3 Å². The van der Waals surface area contributed by atoms with E-state index in [1.807, 2.05) is 0 Å². The summed E-state index contributed by atoms with van der Waals surface area (Å²) in [6.07, 6.45) is 1.86. The molecular formula is C13H15ClF2O. The van der Waals surface area contributed by atoms with Gasteiger partial charge in [-0.3, -0.25) is 0 Å².